The maximum Gasteiger partial charge on any atom is 0.0632 e. The van der Waals surface area contributed by atoms with Gasteiger partial charge in [-0.2, -0.15) is 0 Å². The van der Waals surface area contributed by atoms with Crippen LogP contribution in [0.25, 0.3) is 0 Å². The molecule has 0 aromatic carbocycles. The second-order valence-corrected chi connectivity index (χ2v) is 6.56. The second-order valence-electron chi connectivity index (χ2n) is 6.56. The van der Waals surface area contributed by atoms with Crippen molar-refractivity contribution < 1.29 is 9.84 Å². The maximum absolute atomic E-state index is 10.1. The third-order valence-electron chi connectivity index (χ3n) is 4.90. The predicted molar refractivity (Wildman–Crippen MR) is 74.5 cm³/mol. The summed E-state index contributed by atoms with van der Waals surface area (Å²) in [5.41, 5.74) is 1.51. The molecule has 0 amide bonds. The quantitative estimate of drug-likeness (QED) is 0.611. The Morgan fingerprint density at radius 2 is 2.17 bits per heavy atom. The van der Waals surface area contributed by atoms with Crippen LogP contribution in [-0.4, -0.2) is 23.9 Å². The molecule has 18 heavy (non-hydrogen) atoms. The SMILES string of the molecule is CCCCC[C@@H]1CC2=CC[C@@H](O)C(C)(C)[C@H]2CO1. The van der Waals surface area contributed by atoms with Crippen LogP contribution in [-0.2, 0) is 4.74 Å². The number of aliphatic hydroxyl groups excluding tert-OH is 1. The van der Waals surface area contributed by atoms with Crippen LogP contribution in [0, 0.1) is 11.3 Å². The van der Waals surface area contributed by atoms with Crippen molar-refractivity contribution in [2.24, 2.45) is 11.3 Å². The summed E-state index contributed by atoms with van der Waals surface area (Å²) in [6.45, 7) is 7.39. The van der Waals surface area contributed by atoms with Crippen molar-refractivity contribution >= 4 is 0 Å². The zero-order chi connectivity index (χ0) is 13.2. The molecule has 2 aliphatic rings. The fraction of sp³-hybridized carbons (Fsp3) is 0.875. The summed E-state index contributed by atoms with van der Waals surface area (Å²) in [6, 6.07) is 0. The molecule has 1 N–H and O–H groups in total. The summed E-state index contributed by atoms with van der Waals surface area (Å²) in [5, 5.41) is 10.1. The smallest absolute Gasteiger partial charge is 0.0632 e. The molecule has 0 bridgehead atoms. The Kier molecular flexibility index (Phi) is 4.50. The molecule has 1 saturated heterocycles. The zero-order valence-electron chi connectivity index (χ0n) is 12.1. The van der Waals surface area contributed by atoms with Gasteiger partial charge in [0.05, 0.1) is 18.8 Å². The summed E-state index contributed by atoms with van der Waals surface area (Å²) in [7, 11) is 0. The average Bonchev–Trinajstić information content (AvgIpc) is 2.35. The average molecular weight is 252 g/mol. The highest BCUT2D eigenvalue weighted by molar-refractivity contribution is 5.19. The van der Waals surface area contributed by atoms with Crippen molar-refractivity contribution in [3.05, 3.63) is 11.6 Å². The molecular weight excluding hydrogens is 224 g/mol. The van der Waals surface area contributed by atoms with E-state index in [9.17, 15) is 5.11 Å². The minimum absolute atomic E-state index is 0.0293. The summed E-state index contributed by atoms with van der Waals surface area (Å²) in [6.07, 6.45) is 9.45. The number of hydrogen-bond acceptors (Lipinski definition) is 2. The van der Waals surface area contributed by atoms with E-state index in [4.69, 9.17) is 4.74 Å². The van der Waals surface area contributed by atoms with Gasteiger partial charge in [0.15, 0.2) is 0 Å². The zero-order valence-corrected chi connectivity index (χ0v) is 12.1. The Balaban J connectivity index is 1.94. The fourth-order valence-corrected chi connectivity index (χ4v) is 3.33. The van der Waals surface area contributed by atoms with Gasteiger partial charge >= 0.3 is 0 Å². The van der Waals surface area contributed by atoms with Gasteiger partial charge in [-0.1, -0.05) is 51.7 Å². The Morgan fingerprint density at radius 3 is 2.89 bits per heavy atom. The van der Waals surface area contributed by atoms with Crippen molar-refractivity contribution in [3.63, 3.8) is 0 Å². The molecule has 0 saturated carbocycles. The molecule has 0 aromatic heterocycles. The van der Waals surface area contributed by atoms with E-state index in [-0.39, 0.29) is 11.5 Å². The summed E-state index contributed by atoms with van der Waals surface area (Å²) in [5.74, 6) is 0.420. The third kappa shape index (κ3) is 2.80. The van der Waals surface area contributed by atoms with Crippen LogP contribution in [0.5, 0.6) is 0 Å². The Labute approximate surface area is 111 Å². The molecule has 2 rings (SSSR count). The monoisotopic (exact) mass is 252 g/mol. The van der Waals surface area contributed by atoms with Crippen LogP contribution in [0.4, 0.5) is 0 Å². The van der Waals surface area contributed by atoms with Crippen LogP contribution < -0.4 is 0 Å². The van der Waals surface area contributed by atoms with Crippen molar-refractivity contribution in [1.82, 2.24) is 0 Å². The Bertz CT molecular complexity index is 306. The van der Waals surface area contributed by atoms with Gasteiger partial charge in [-0.15, -0.1) is 0 Å². The first kappa shape index (κ1) is 14.1. The fourth-order valence-electron chi connectivity index (χ4n) is 3.33. The van der Waals surface area contributed by atoms with E-state index in [0.29, 0.717) is 12.0 Å². The molecule has 3 atom stereocenters. The van der Waals surface area contributed by atoms with Crippen LogP contribution in [0.3, 0.4) is 0 Å². The van der Waals surface area contributed by atoms with E-state index in [2.05, 4.69) is 26.8 Å². The van der Waals surface area contributed by atoms with E-state index in [1.165, 1.54) is 31.3 Å². The third-order valence-corrected chi connectivity index (χ3v) is 4.90. The highest BCUT2D eigenvalue weighted by atomic mass is 16.5. The molecule has 1 heterocycles. The normalized spacial score (nSPS) is 34.9. The maximum atomic E-state index is 10.1. The number of hydrogen-bond donors (Lipinski definition) is 1. The highest BCUT2D eigenvalue weighted by Gasteiger charge is 2.43. The first-order valence-corrected chi connectivity index (χ1v) is 7.54. The van der Waals surface area contributed by atoms with Gasteiger partial charge in [-0.05, 0) is 24.7 Å². The van der Waals surface area contributed by atoms with E-state index in [0.717, 1.165) is 19.4 Å². The van der Waals surface area contributed by atoms with E-state index >= 15 is 0 Å². The molecule has 0 radical (unpaired) electrons. The highest BCUT2D eigenvalue weighted by Crippen LogP contribution is 2.45. The number of rotatable bonds is 4. The van der Waals surface area contributed by atoms with Gasteiger partial charge in [-0.25, -0.2) is 0 Å². The molecule has 2 heteroatoms. The van der Waals surface area contributed by atoms with Gasteiger partial charge in [0, 0.05) is 5.92 Å². The number of fused-ring (bicyclic) bond motifs is 1. The molecule has 2 nitrogen and oxygen atoms in total. The molecule has 104 valence electrons. The first-order valence-electron chi connectivity index (χ1n) is 7.54. The van der Waals surface area contributed by atoms with Gasteiger partial charge in [0.1, 0.15) is 0 Å². The lowest BCUT2D eigenvalue weighted by molar-refractivity contribution is -0.0690. The first-order chi connectivity index (χ1) is 8.55. The van der Waals surface area contributed by atoms with Gasteiger partial charge < -0.3 is 9.84 Å². The summed E-state index contributed by atoms with van der Waals surface area (Å²) in [4.78, 5) is 0. The van der Waals surface area contributed by atoms with E-state index in [1.54, 1.807) is 0 Å². The van der Waals surface area contributed by atoms with Gasteiger partial charge in [-0.3, -0.25) is 0 Å². The lowest BCUT2D eigenvalue weighted by atomic mass is 9.65. The van der Waals surface area contributed by atoms with Crippen LogP contribution in [0.15, 0.2) is 11.6 Å². The number of unbranched alkanes of at least 4 members (excludes halogenated alkanes) is 2. The molecule has 0 spiro atoms. The van der Waals surface area contributed by atoms with Crippen LogP contribution in [0.1, 0.15) is 59.3 Å². The van der Waals surface area contributed by atoms with Crippen molar-refractivity contribution in [3.8, 4) is 0 Å². The van der Waals surface area contributed by atoms with E-state index < -0.39 is 0 Å². The summed E-state index contributed by atoms with van der Waals surface area (Å²) >= 11 is 0. The summed E-state index contributed by atoms with van der Waals surface area (Å²) < 4.78 is 6.03. The molecule has 1 aliphatic carbocycles. The standard InChI is InChI=1S/C16H28O2/c1-4-5-6-7-13-10-12-8-9-15(17)16(2,3)14(12)11-18-13/h8,13-15,17H,4-7,9-11H2,1-3H3/t13-,14+,15-/m1/s1. The van der Waals surface area contributed by atoms with Crippen molar-refractivity contribution in [2.45, 2.75) is 71.5 Å². The topological polar surface area (TPSA) is 29.5 Å². The predicted octanol–water partition coefficient (Wildman–Crippen LogP) is 3.69. The lowest BCUT2D eigenvalue weighted by Crippen LogP contribution is -2.45. The number of ether oxygens (including phenoxy) is 1. The lowest BCUT2D eigenvalue weighted by Gasteiger charge is -2.46. The largest absolute Gasteiger partial charge is 0.392 e. The molecule has 0 aromatic rings. The second kappa shape index (κ2) is 5.75. The van der Waals surface area contributed by atoms with Gasteiger partial charge in [0.2, 0.25) is 0 Å². The molecular formula is C16H28O2. The Morgan fingerprint density at radius 1 is 1.39 bits per heavy atom. The van der Waals surface area contributed by atoms with Crippen LogP contribution in [0.2, 0.25) is 0 Å². The molecule has 1 fully saturated rings. The molecule has 0 unspecified atom stereocenters. The van der Waals surface area contributed by atoms with Crippen molar-refractivity contribution in [1.29, 1.82) is 0 Å². The Hall–Kier alpha value is -0.340. The minimum Gasteiger partial charge on any atom is -0.392 e. The van der Waals surface area contributed by atoms with Gasteiger partial charge in [0.25, 0.3) is 0 Å². The van der Waals surface area contributed by atoms with Crippen LogP contribution >= 0.6 is 0 Å². The van der Waals surface area contributed by atoms with E-state index in [1.807, 2.05) is 0 Å². The van der Waals surface area contributed by atoms with Crippen molar-refractivity contribution in [2.75, 3.05) is 6.61 Å². The molecule has 1 aliphatic heterocycles. The minimum atomic E-state index is -0.216. The number of aliphatic hydroxyl groups is 1.